The van der Waals surface area contributed by atoms with Crippen molar-refractivity contribution >= 4 is 23.1 Å². The Hall–Kier alpha value is -3.06. The first kappa shape index (κ1) is 22.1. The highest BCUT2D eigenvalue weighted by atomic mass is 32.1. The summed E-state index contributed by atoms with van der Waals surface area (Å²) in [6, 6.07) is 9.00. The minimum atomic E-state index is -0.594. The van der Waals surface area contributed by atoms with Crippen molar-refractivity contribution in [1.82, 2.24) is 5.32 Å². The van der Waals surface area contributed by atoms with Crippen molar-refractivity contribution in [3.8, 4) is 11.5 Å². The molecule has 2 N–H and O–H groups in total. The number of dihydropyridines is 1. The van der Waals surface area contributed by atoms with Crippen molar-refractivity contribution in [3.63, 3.8) is 0 Å². The van der Waals surface area contributed by atoms with Crippen LogP contribution in [0.25, 0.3) is 0 Å². The Bertz CT molecular complexity index is 1110. The molecule has 168 valence electrons. The number of hydrogen-bond donors (Lipinski definition) is 2. The molecule has 0 amide bonds. The maximum absolute atomic E-state index is 13.5. The highest BCUT2D eigenvalue weighted by Crippen LogP contribution is 2.47. The molecule has 0 spiro atoms. The van der Waals surface area contributed by atoms with Gasteiger partial charge in [-0.2, -0.15) is 0 Å². The zero-order valence-corrected chi connectivity index (χ0v) is 19.4. The van der Waals surface area contributed by atoms with Crippen molar-refractivity contribution in [1.29, 1.82) is 0 Å². The lowest BCUT2D eigenvalue weighted by molar-refractivity contribution is -0.143. The van der Waals surface area contributed by atoms with Gasteiger partial charge in [0.15, 0.2) is 17.3 Å². The third-order valence-corrected chi connectivity index (χ3v) is 6.91. The number of nitrogens with one attached hydrogen (secondary N) is 1. The summed E-state index contributed by atoms with van der Waals surface area (Å²) in [5.74, 6) is -0.640. The highest BCUT2D eigenvalue weighted by molar-refractivity contribution is 7.10. The standard InChI is InChI=1S/C25H27NO5S/c1-13(2)31-25(29)22-14(3)26-17-10-16(21-6-5-9-32-21)11-19(28)24(17)23(22)15-7-8-18(27)20(12-15)30-4/h5-9,12-13,16,23,26-27H,10-11H2,1-4H3/t16-,23-/m0/s1. The number of carbonyl (C=O) groups is 2. The monoisotopic (exact) mass is 453 g/mol. The minimum absolute atomic E-state index is 0.000809. The molecule has 7 heteroatoms. The molecule has 1 aromatic heterocycles. The molecule has 0 fully saturated rings. The van der Waals surface area contributed by atoms with Gasteiger partial charge >= 0.3 is 5.97 Å². The molecule has 1 aromatic carbocycles. The molecular formula is C25H27NO5S. The number of esters is 1. The first-order valence-corrected chi connectivity index (χ1v) is 11.5. The fourth-order valence-corrected chi connectivity index (χ4v) is 5.35. The number of hydrogen-bond acceptors (Lipinski definition) is 7. The molecule has 0 unspecified atom stereocenters. The van der Waals surface area contributed by atoms with Gasteiger partial charge < -0.3 is 19.9 Å². The Morgan fingerprint density at radius 2 is 2.03 bits per heavy atom. The zero-order valence-electron chi connectivity index (χ0n) is 18.6. The van der Waals surface area contributed by atoms with Crippen LogP contribution in [0.1, 0.15) is 55.9 Å². The highest BCUT2D eigenvalue weighted by Gasteiger charge is 2.42. The van der Waals surface area contributed by atoms with Crippen LogP contribution in [-0.2, 0) is 14.3 Å². The van der Waals surface area contributed by atoms with Gasteiger partial charge in [0.05, 0.1) is 18.8 Å². The summed E-state index contributed by atoms with van der Waals surface area (Å²) in [5.41, 5.74) is 3.22. The second-order valence-electron chi connectivity index (χ2n) is 8.42. The van der Waals surface area contributed by atoms with Gasteiger partial charge in [-0.15, -0.1) is 11.3 Å². The predicted molar refractivity (Wildman–Crippen MR) is 123 cm³/mol. The molecule has 2 heterocycles. The van der Waals surface area contributed by atoms with Gasteiger partial charge in [0.2, 0.25) is 0 Å². The van der Waals surface area contributed by atoms with Crippen LogP contribution in [-0.4, -0.2) is 30.1 Å². The van der Waals surface area contributed by atoms with E-state index < -0.39 is 11.9 Å². The number of aromatic hydroxyl groups is 1. The molecule has 1 aliphatic carbocycles. The lowest BCUT2D eigenvalue weighted by Gasteiger charge is -2.36. The number of Topliss-reactive ketones (excluding diaryl/α,β-unsaturated/α-hetero) is 1. The number of thiophene rings is 1. The number of phenols is 1. The van der Waals surface area contributed by atoms with Gasteiger partial charge in [-0.25, -0.2) is 4.79 Å². The van der Waals surface area contributed by atoms with Gasteiger partial charge in [-0.1, -0.05) is 12.1 Å². The van der Waals surface area contributed by atoms with Crippen LogP contribution in [0.15, 0.2) is 58.3 Å². The first-order chi connectivity index (χ1) is 15.3. The molecule has 0 saturated carbocycles. The predicted octanol–water partition coefficient (Wildman–Crippen LogP) is 4.78. The van der Waals surface area contributed by atoms with E-state index in [9.17, 15) is 14.7 Å². The van der Waals surface area contributed by atoms with E-state index in [0.717, 1.165) is 5.70 Å². The van der Waals surface area contributed by atoms with Crippen molar-refractivity contribution < 1.29 is 24.2 Å². The van der Waals surface area contributed by atoms with E-state index in [1.54, 1.807) is 37.3 Å². The van der Waals surface area contributed by atoms with E-state index in [-0.39, 0.29) is 29.3 Å². The quantitative estimate of drug-likeness (QED) is 0.634. The molecular weight excluding hydrogens is 426 g/mol. The topological polar surface area (TPSA) is 84.9 Å². The Labute approximate surface area is 191 Å². The second kappa shape index (κ2) is 8.82. The van der Waals surface area contributed by atoms with Gasteiger partial charge in [0.25, 0.3) is 0 Å². The van der Waals surface area contributed by atoms with Crippen LogP contribution in [0, 0.1) is 0 Å². The maximum Gasteiger partial charge on any atom is 0.337 e. The van der Waals surface area contributed by atoms with Crippen molar-refractivity contribution in [3.05, 3.63) is 68.7 Å². The van der Waals surface area contributed by atoms with Crippen LogP contribution in [0.5, 0.6) is 11.5 Å². The number of phenolic OH excluding ortho intramolecular Hbond substituents is 1. The minimum Gasteiger partial charge on any atom is -0.504 e. The van der Waals surface area contributed by atoms with Crippen LogP contribution in [0.3, 0.4) is 0 Å². The Balaban J connectivity index is 1.83. The van der Waals surface area contributed by atoms with E-state index in [1.807, 2.05) is 18.4 Å². The van der Waals surface area contributed by atoms with Crippen LogP contribution in [0.4, 0.5) is 0 Å². The van der Waals surface area contributed by atoms with Gasteiger partial charge in [-0.3, -0.25) is 4.79 Å². The number of allylic oxidation sites excluding steroid dienone is 3. The molecule has 0 saturated heterocycles. The molecule has 1 aliphatic heterocycles. The molecule has 32 heavy (non-hydrogen) atoms. The summed E-state index contributed by atoms with van der Waals surface area (Å²) in [4.78, 5) is 27.8. The number of ketones is 1. The molecule has 2 aromatic rings. The molecule has 2 aliphatic rings. The maximum atomic E-state index is 13.5. The lowest BCUT2D eigenvalue weighted by Crippen LogP contribution is -2.36. The third kappa shape index (κ3) is 4.05. The molecule has 0 radical (unpaired) electrons. The average Bonchev–Trinajstić information content (AvgIpc) is 3.27. The Kier molecular flexibility index (Phi) is 6.11. The summed E-state index contributed by atoms with van der Waals surface area (Å²) in [7, 11) is 1.47. The van der Waals surface area contributed by atoms with Crippen molar-refractivity contribution in [2.24, 2.45) is 0 Å². The van der Waals surface area contributed by atoms with Gasteiger partial charge in [-0.05, 0) is 56.3 Å². The van der Waals surface area contributed by atoms with E-state index in [4.69, 9.17) is 9.47 Å². The molecule has 2 atom stereocenters. The number of methoxy groups -OCH3 is 1. The third-order valence-electron chi connectivity index (χ3n) is 5.87. The number of ether oxygens (including phenoxy) is 2. The van der Waals surface area contributed by atoms with E-state index in [0.29, 0.717) is 35.2 Å². The summed E-state index contributed by atoms with van der Waals surface area (Å²) >= 11 is 1.65. The van der Waals surface area contributed by atoms with Gasteiger partial charge in [0, 0.05) is 40.1 Å². The average molecular weight is 454 g/mol. The van der Waals surface area contributed by atoms with Gasteiger partial charge in [0.1, 0.15) is 0 Å². The summed E-state index contributed by atoms with van der Waals surface area (Å²) in [6.07, 6.45) is 0.786. The summed E-state index contributed by atoms with van der Waals surface area (Å²) in [6.45, 7) is 5.43. The SMILES string of the molecule is COc1cc([C@H]2C(C(=O)OC(C)C)=C(C)NC3=C2C(=O)C[C@@H](c2cccs2)C3)ccc1O. The van der Waals surface area contributed by atoms with E-state index >= 15 is 0 Å². The number of benzene rings is 1. The second-order valence-corrected chi connectivity index (χ2v) is 9.40. The van der Waals surface area contributed by atoms with Crippen LogP contribution < -0.4 is 10.1 Å². The fourth-order valence-electron chi connectivity index (χ4n) is 4.52. The number of rotatable bonds is 5. The normalized spacial score (nSPS) is 20.8. The van der Waals surface area contributed by atoms with E-state index in [1.165, 1.54) is 18.1 Å². The van der Waals surface area contributed by atoms with Crippen LogP contribution in [0.2, 0.25) is 0 Å². The number of carbonyl (C=O) groups excluding carboxylic acids is 2. The largest absolute Gasteiger partial charge is 0.504 e. The molecule has 0 bridgehead atoms. The Morgan fingerprint density at radius 1 is 1.25 bits per heavy atom. The fraction of sp³-hybridized carbons (Fsp3) is 0.360. The summed E-state index contributed by atoms with van der Waals surface area (Å²) < 4.78 is 10.8. The molecule has 6 nitrogen and oxygen atoms in total. The Morgan fingerprint density at radius 3 is 2.69 bits per heavy atom. The zero-order chi connectivity index (χ0) is 23.0. The summed E-state index contributed by atoms with van der Waals surface area (Å²) in [5, 5.41) is 15.5. The van der Waals surface area contributed by atoms with Crippen molar-refractivity contribution in [2.45, 2.75) is 51.6 Å². The first-order valence-electron chi connectivity index (χ1n) is 10.7. The smallest absolute Gasteiger partial charge is 0.337 e. The van der Waals surface area contributed by atoms with Crippen molar-refractivity contribution in [2.75, 3.05) is 7.11 Å². The lowest BCUT2D eigenvalue weighted by atomic mass is 9.72. The van der Waals surface area contributed by atoms with E-state index in [2.05, 4.69) is 11.4 Å². The molecule has 4 rings (SSSR count). The van der Waals surface area contributed by atoms with Crippen LogP contribution >= 0.6 is 11.3 Å².